The molecular formula is C23H25NO. The van der Waals surface area contributed by atoms with Crippen molar-refractivity contribution in [2.24, 2.45) is 0 Å². The van der Waals surface area contributed by atoms with Gasteiger partial charge in [-0.25, -0.2) is 0 Å². The highest BCUT2D eigenvalue weighted by molar-refractivity contribution is 6.07. The summed E-state index contributed by atoms with van der Waals surface area (Å²) in [5.74, 6) is 0.119. The molecule has 25 heavy (non-hydrogen) atoms. The van der Waals surface area contributed by atoms with Crippen molar-refractivity contribution in [1.82, 2.24) is 4.90 Å². The zero-order chi connectivity index (χ0) is 18.1. The molecule has 2 atom stereocenters. The van der Waals surface area contributed by atoms with Crippen LogP contribution in [-0.2, 0) is 5.41 Å². The van der Waals surface area contributed by atoms with Gasteiger partial charge in [0.15, 0.2) is 5.78 Å². The Morgan fingerprint density at radius 1 is 0.880 bits per heavy atom. The number of hydrogen-bond donors (Lipinski definition) is 0. The van der Waals surface area contributed by atoms with E-state index in [1.807, 2.05) is 56.6 Å². The molecule has 0 saturated heterocycles. The first-order valence-corrected chi connectivity index (χ1v) is 8.63. The Bertz CT molecular complexity index is 817. The normalized spacial score (nSPS) is 25.3. The lowest BCUT2D eigenvalue weighted by Crippen LogP contribution is -2.60. The van der Waals surface area contributed by atoms with Gasteiger partial charge in [0, 0.05) is 5.56 Å². The van der Waals surface area contributed by atoms with Gasteiger partial charge in [0.05, 0.1) is 11.0 Å². The van der Waals surface area contributed by atoms with E-state index >= 15 is 0 Å². The molecule has 2 nitrogen and oxygen atoms in total. The number of allylic oxidation sites excluding steroid dienone is 2. The maximum atomic E-state index is 13.8. The molecular weight excluding hydrogens is 306 g/mol. The van der Waals surface area contributed by atoms with E-state index in [1.54, 1.807) is 0 Å². The third-order valence-electron chi connectivity index (χ3n) is 5.51. The van der Waals surface area contributed by atoms with Crippen LogP contribution in [0.25, 0.3) is 0 Å². The van der Waals surface area contributed by atoms with Crippen LogP contribution in [-0.4, -0.2) is 30.3 Å². The molecule has 0 N–H and O–H groups in total. The Morgan fingerprint density at radius 3 is 2.08 bits per heavy atom. The molecule has 0 heterocycles. The van der Waals surface area contributed by atoms with Crippen LogP contribution in [0.4, 0.5) is 0 Å². The molecule has 0 fully saturated rings. The smallest absolute Gasteiger partial charge is 0.179 e. The molecule has 0 bridgehead atoms. The van der Waals surface area contributed by atoms with Crippen LogP contribution in [0.3, 0.4) is 0 Å². The van der Waals surface area contributed by atoms with Gasteiger partial charge in [-0.3, -0.25) is 9.69 Å². The summed E-state index contributed by atoms with van der Waals surface area (Å²) in [7, 11) is 4.06. The van der Waals surface area contributed by atoms with Gasteiger partial charge < -0.3 is 0 Å². The Morgan fingerprint density at radius 2 is 1.48 bits per heavy atom. The fraction of sp³-hybridized carbons (Fsp3) is 0.261. The number of rotatable bonds is 4. The predicted molar refractivity (Wildman–Crippen MR) is 104 cm³/mol. The summed E-state index contributed by atoms with van der Waals surface area (Å²) in [5.41, 5.74) is 1.69. The lowest BCUT2D eigenvalue weighted by molar-refractivity contribution is 0.0738. The Hall–Kier alpha value is -2.45. The second-order valence-electron chi connectivity index (χ2n) is 7.13. The number of Topliss-reactive ketones (excluding diaryl/α,β-unsaturated/α-hetero) is 1. The van der Waals surface area contributed by atoms with E-state index in [0.717, 1.165) is 11.1 Å². The summed E-state index contributed by atoms with van der Waals surface area (Å²) in [6.45, 7) is 4.20. The minimum Gasteiger partial charge on any atom is -0.299 e. The van der Waals surface area contributed by atoms with Crippen LogP contribution in [0.5, 0.6) is 0 Å². The molecule has 128 valence electrons. The fourth-order valence-corrected chi connectivity index (χ4v) is 3.70. The van der Waals surface area contributed by atoms with Crippen LogP contribution >= 0.6 is 0 Å². The number of ketones is 1. The summed E-state index contributed by atoms with van der Waals surface area (Å²) in [5, 5.41) is 0. The van der Waals surface area contributed by atoms with Crippen LogP contribution in [0.1, 0.15) is 28.4 Å². The van der Waals surface area contributed by atoms with Crippen LogP contribution < -0.4 is 0 Å². The van der Waals surface area contributed by atoms with Gasteiger partial charge in [-0.2, -0.15) is 0 Å². The molecule has 2 aromatic rings. The van der Waals surface area contributed by atoms with Crippen LogP contribution in [0.15, 0.2) is 78.9 Å². The number of carbonyl (C=O) groups is 1. The van der Waals surface area contributed by atoms with Gasteiger partial charge >= 0.3 is 0 Å². The minimum absolute atomic E-state index is 0.119. The molecule has 2 unspecified atom stereocenters. The highest BCUT2D eigenvalue weighted by Gasteiger charge is 2.54. The molecule has 0 saturated carbocycles. The van der Waals surface area contributed by atoms with Crippen molar-refractivity contribution in [3.05, 3.63) is 95.6 Å². The van der Waals surface area contributed by atoms with Gasteiger partial charge in [0.25, 0.3) is 0 Å². The molecule has 0 aliphatic heterocycles. The molecule has 0 amide bonds. The molecule has 3 rings (SSSR count). The maximum absolute atomic E-state index is 13.8. The number of likely N-dealkylation sites (N-methyl/N-ethyl adjacent to an activating group) is 1. The maximum Gasteiger partial charge on any atom is 0.179 e. The topological polar surface area (TPSA) is 20.3 Å². The zero-order valence-electron chi connectivity index (χ0n) is 15.4. The first kappa shape index (κ1) is 17.4. The van der Waals surface area contributed by atoms with Crippen molar-refractivity contribution in [1.29, 1.82) is 0 Å². The molecule has 2 aromatic carbocycles. The number of aryl methyl sites for hydroxylation is 1. The van der Waals surface area contributed by atoms with E-state index in [0.29, 0.717) is 0 Å². The summed E-state index contributed by atoms with van der Waals surface area (Å²) < 4.78 is 0. The van der Waals surface area contributed by atoms with E-state index < -0.39 is 11.0 Å². The molecule has 0 spiro atoms. The van der Waals surface area contributed by atoms with Gasteiger partial charge in [0.1, 0.15) is 0 Å². The third kappa shape index (κ3) is 2.67. The largest absolute Gasteiger partial charge is 0.299 e. The summed E-state index contributed by atoms with van der Waals surface area (Å²) in [6, 6.07) is 17.9. The van der Waals surface area contributed by atoms with E-state index in [9.17, 15) is 4.79 Å². The summed E-state index contributed by atoms with van der Waals surface area (Å²) in [6.07, 6.45) is 8.22. The highest BCUT2D eigenvalue weighted by Crippen LogP contribution is 2.45. The van der Waals surface area contributed by atoms with Crippen molar-refractivity contribution in [2.75, 3.05) is 14.1 Å². The van der Waals surface area contributed by atoms with E-state index in [4.69, 9.17) is 0 Å². The Kier molecular flexibility index (Phi) is 4.49. The second kappa shape index (κ2) is 6.45. The van der Waals surface area contributed by atoms with Gasteiger partial charge in [0.2, 0.25) is 0 Å². The van der Waals surface area contributed by atoms with Crippen molar-refractivity contribution < 1.29 is 4.79 Å². The Balaban J connectivity index is 2.29. The number of benzene rings is 2. The van der Waals surface area contributed by atoms with Crippen molar-refractivity contribution in [3.8, 4) is 0 Å². The number of nitrogens with zero attached hydrogens (tertiary/aromatic N) is 1. The number of hydrogen-bond acceptors (Lipinski definition) is 2. The zero-order valence-corrected chi connectivity index (χ0v) is 15.4. The van der Waals surface area contributed by atoms with Crippen LogP contribution in [0, 0.1) is 6.92 Å². The van der Waals surface area contributed by atoms with Gasteiger partial charge in [-0.05, 0) is 33.5 Å². The Labute approximate surface area is 150 Å². The average Bonchev–Trinajstić information content (AvgIpc) is 2.63. The van der Waals surface area contributed by atoms with Crippen LogP contribution in [0.2, 0.25) is 0 Å². The lowest BCUT2D eigenvalue weighted by Gasteiger charge is -2.50. The van der Waals surface area contributed by atoms with E-state index in [1.165, 1.54) is 5.56 Å². The monoisotopic (exact) mass is 331 g/mol. The van der Waals surface area contributed by atoms with Crippen molar-refractivity contribution in [3.63, 3.8) is 0 Å². The molecule has 0 aromatic heterocycles. The van der Waals surface area contributed by atoms with Crippen molar-refractivity contribution >= 4 is 5.78 Å². The van der Waals surface area contributed by atoms with Gasteiger partial charge in [-0.15, -0.1) is 0 Å². The fourth-order valence-electron chi connectivity index (χ4n) is 3.70. The lowest BCUT2D eigenvalue weighted by atomic mass is 9.59. The third-order valence-corrected chi connectivity index (χ3v) is 5.51. The molecule has 0 radical (unpaired) electrons. The molecule has 1 aliphatic rings. The predicted octanol–water partition coefficient (Wildman–Crippen LogP) is 4.56. The quantitative estimate of drug-likeness (QED) is 0.765. The standard InChI is InChI=1S/C23H25NO/c1-18-12-14-20(15-13-18)23(21(25)19-10-6-5-7-11-19)17-9-8-16-22(23,2)24(3)4/h5-17H,1-4H3. The van der Waals surface area contributed by atoms with Gasteiger partial charge in [-0.1, -0.05) is 84.5 Å². The summed E-state index contributed by atoms with van der Waals surface area (Å²) >= 11 is 0. The first-order chi connectivity index (χ1) is 11.9. The van der Waals surface area contributed by atoms with E-state index in [2.05, 4.69) is 55.2 Å². The SMILES string of the molecule is Cc1ccc(C2(C(=O)c3ccccc3)C=CC=CC2(C)N(C)C)cc1. The second-order valence-corrected chi connectivity index (χ2v) is 7.13. The van der Waals surface area contributed by atoms with Crippen molar-refractivity contribution in [2.45, 2.75) is 24.8 Å². The minimum atomic E-state index is -0.777. The van der Waals surface area contributed by atoms with E-state index in [-0.39, 0.29) is 5.78 Å². The summed E-state index contributed by atoms with van der Waals surface area (Å²) in [4.78, 5) is 15.9. The molecule has 1 aliphatic carbocycles. The average molecular weight is 331 g/mol. The highest BCUT2D eigenvalue weighted by atomic mass is 16.1. The first-order valence-electron chi connectivity index (χ1n) is 8.63. The number of carbonyl (C=O) groups excluding carboxylic acids is 1. The molecule has 2 heteroatoms.